The van der Waals surface area contributed by atoms with Gasteiger partial charge in [-0.15, -0.1) is 0 Å². The number of anilines is 1. The van der Waals surface area contributed by atoms with Gasteiger partial charge >= 0.3 is 0 Å². The maximum atomic E-state index is 13.5. The second-order valence-electron chi connectivity index (χ2n) is 8.94. The Balaban J connectivity index is 1.16. The molecular formula is C25H24ClN3O4. The Kier molecular flexibility index (Phi) is 4.76. The minimum Gasteiger partial charge on any atom is -0.454 e. The van der Waals surface area contributed by atoms with Crippen LogP contribution in [0.2, 0.25) is 5.02 Å². The third-order valence-corrected chi connectivity index (χ3v) is 7.13. The molecule has 1 saturated carbocycles. The number of carbonyl (C=O) groups excluding carboxylic acids is 1. The van der Waals surface area contributed by atoms with E-state index in [0.717, 1.165) is 48.0 Å². The second-order valence-corrected chi connectivity index (χ2v) is 9.37. The van der Waals surface area contributed by atoms with Crippen molar-refractivity contribution in [2.45, 2.75) is 25.2 Å². The molecule has 6 rings (SSSR count). The first-order valence-corrected chi connectivity index (χ1v) is 11.6. The van der Waals surface area contributed by atoms with Crippen molar-refractivity contribution < 1.29 is 18.8 Å². The van der Waals surface area contributed by atoms with Gasteiger partial charge < -0.3 is 23.8 Å². The number of hydrogen-bond donors (Lipinski definition) is 0. The number of halogens is 1. The Labute approximate surface area is 196 Å². The first-order valence-electron chi connectivity index (χ1n) is 11.2. The monoisotopic (exact) mass is 465 g/mol. The van der Waals surface area contributed by atoms with Gasteiger partial charge in [0.1, 0.15) is 0 Å². The second kappa shape index (κ2) is 7.70. The third-order valence-electron chi connectivity index (χ3n) is 6.90. The molecule has 8 heteroatoms. The highest BCUT2D eigenvalue weighted by molar-refractivity contribution is 6.30. The van der Waals surface area contributed by atoms with Gasteiger partial charge in [0, 0.05) is 48.5 Å². The van der Waals surface area contributed by atoms with E-state index in [1.54, 1.807) is 0 Å². The van der Waals surface area contributed by atoms with Crippen LogP contribution in [0.3, 0.4) is 0 Å². The highest BCUT2D eigenvalue weighted by atomic mass is 35.5. The van der Waals surface area contributed by atoms with Crippen molar-refractivity contribution in [3.63, 3.8) is 0 Å². The fraction of sp³-hybridized carbons (Fsp3) is 0.360. The van der Waals surface area contributed by atoms with Gasteiger partial charge in [-0.1, -0.05) is 22.8 Å². The molecule has 0 radical (unpaired) electrons. The van der Waals surface area contributed by atoms with E-state index in [1.807, 2.05) is 47.4 Å². The number of piperazine rings is 1. The van der Waals surface area contributed by atoms with Gasteiger partial charge in [-0.25, -0.2) is 0 Å². The summed E-state index contributed by atoms with van der Waals surface area (Å²) in [6, 6.07) is 13.5. The number of carbonyl (C=O) groups is 1. The van der Waals surface area contributed by atoms with Gasteiger partial charge in [0.2, 0.25) is 12.7 Å². The molecule has 2 aromatic carbocycles. The van der Waals surface area contributed by atoms with Gasteiger partial charge in [-0.05, 0) is 55.7 Å². The van der Waals surface area contributed by atoms with E-state index in [4.69, 9.17) is 25.6 Å². The van der Waals surface area contributed by atoms with Crippen LogP contribution >= 0.6 is 11.6 Å². The van der Waals surface area contributed by atoms with Crippen molar-refractivity contribution in [3.05, 3.63) is 58.7 Å². The SMILES string of the molecule is Cc1ccc(Cl)cc1N1CCN(C(=O)C2(c3cc(-c4ccc5c(c4)OCO5)on3)CC2)CC1. The van der Waals surface area contributed by atoms with Crippen LogP contribution in [0.15, 0.2) is 47.0 Å². The fourth-order valence-corrected chi connectivity index (χ4v) is 4.93. The number of aromatic nitrogens is 1. The summed E-state index contributed by atoms with van der Waals surface area (Å²) in [4.78, 5) is 17.8. The normalized spacial score (nSPS) is 18.5. The van der Waals surface area contributed by atoms with E-state index < -0.39 is 5.41 Å². The van der Waals surface area contributed by atoms with Gasteiger partial charge in [-0.3, -0.25) is 4.79 Å². The number of aryl methyl sites for hydroxylation is 1. The van der Waals surface area contributed by atoms with E-state index in [0.29, 0.717) is 30.3 Å². The van der Waals surface area contributed by atoms with Gasteiger partial charge in [0.05, 0.1) is 11.1 Å². The van der Waals surface area contributed by atoms with Crippen LogP contribution in [-0.4, -0.2) is 48.9 Å². The summed E-state index contributed by atoms with van der Waals surface area (Å²) in [5, 5.41) is 5.03. The van der Waals surface area contributed by atoms with Crippen LogP contribution < -0.4 is 14.4 Å². The molecule has 170 valence electrons. The Bertz CT molecular complexity index is 1230. The predicted molar refractivity (Wildman–Crippen MR) is 124 cm³/mol. The average Bonchev–Trinajstić information content (AvgIpc) is 3.26. The zero-order chi connectivity index (χ0) is 22.6. The third kappa shape index (κ3) is 3.51. The largest absolute Gasteiger partial charge is 0.454 e. The molecule has 0 unspecified atom stereocenters. The number of nitrogens with zero attached hydrogens (tertiary/aromatic N) is 3. The van der Waals surface area contributed by atoms with Crippen molar-refractivity contribution in [2.24, 2.45) is 0 Å². The van der Waals surface area contributed by atoms with Crippen LogP contribution in [0.5, 0.6) is 11.5 Å². The molecular weight excluding hydrogens is 442 g/mol. The molecule has 3 aliphatic rings. The summed E-state index contributed by atoms with van der Waals surface area (Å²) in [7, 11) is 0. The average molecular weight is 466 g/mol. The lowest BCUT2D eigenvalue weighted by Crippen LogP contribution is -2.51. The molecule has 0 bridgehead atoms. The van der Waals surface area contributed by atoms with E-state index >= 15 is 0 Å². The minimum atomic E-state index is -0.563. The van der Waals surface area contributed by atoms with Gasteiger partial charge in [0.15, 0.2) is 17.3 Å². The van der Waals surface area contributed by atoms with Crippen molar-refractivity contribution in [1.29, 1.82) is 0 Å². The van der Waals surface area contributed by atoms with Crippen LogP contribution in [-0.2, 0) is 10.2 Å². The summed E-state index contributed by atoms with van der Waals surface area (Å²) >= 11 is 6.20. The van der Waals surface area contributed by atoms with E-state index in [9.17, 15) is 4.79 Å². The van der Waals surface area contributed by atoms with Crippen molar-refractivity contribution in [2.75, 3.05) is 37.9 Å². The summed E-state index contributed by atoms with van der Waals surface area (Å²) in [5.41, 5.74) is 3.34. The topological polar surface area (TPSA) is 68.0 Å². The van der Waals surface area contributed by atoms with Gasteiger partial charge in [0.25, 0.3) is 0 Å². The number of hydrogen-bond acceptors (Lipinski definition) is 6. The highest BCUT2D eigenvalue weighted by Crippen LogP contribution is 2.50. The summed E-state index contributed by atoms with van der Waals surface area (Å²) in [6.45, 7) is 5.24. The standard InChI is InChI=1S/C25H24ClN3O4/c1-16-2-4-18(26)13-19(16)28-8-10-29(11-9-28)24(30)25(6-7-25)23-14-21(33-27-23)17-3-5-20-22(12-17)32-15-31-20/h2-5,12-14H,6-11,15H2,1H3. The van der Waals surface area contributed by atoms with E-state index in [-0.39, 0.29) is 12.7 Å². The molecule has 0 spiro atoms. The van der Waals surface area contributed by atoms with E-state index in [1.165, 1.54) is 5.56 Å². The summed E-state index contributed by atoms with van der Waals surface area (Å²) in [5.74, 6) is 2.19. The zero-order valence-corrected chi connectivity index (χ0v) is 19.1. The van der Waals surface area contributed by atoms with Crippen molar-refractivity contribution in [3.8, 4) is 22.8 Å². The van der Waals surface area contributed by atoms with Crippen molar-refractivity contribution in [1.82, 2.24) is 10.1 Å². The Hall–Kier alpha value is -3.19. The maximum Gasteiger partial charge on any atom is 0.235 e. The first kappa shape index (κ1) is 20.4. The molecule has 7 nitrogen and oxygen atoms in total. The molecule has 0 N–H and O–H groups in total. The Morgan fingerprint density at radius 3 is 2.58 bits per heavy atom. The fourth-order valence-electron chi connectivity index (χ4n) is 4.77. The zero-order valence-electron chi connectivity index (χ0n) is 18.3. The molecule has 1 amide bonds. The van der Waals surface area contributed by atoms with Crippen molar-refractivity contribution >= 4 is 23.2 Å². The van der Waals surface area contributed by atoms with Crippen LogP contribution in [0, 0.1) is 6.92 Å². The number of rotatable bonds is 4. The van der Waals surface area contributed by atoms with Crippen LogP contribution in [0.1, 0.15) is 24.1 Å². The first-order chi connectivity index (χ1) is 16.0. The lowest BCUT2D eigenvalue weighted by atomic mass is 9.98. The number of amides is 1. The molecule has 2 aliphatic heterocycles. The minimum absolute atomic E-state index is 0.149. The van der Waals surface area contributed by atoms with E-state index in [2.05, 4.69) is 17.0 Å². The molecule has 0 atom stereocenters. The van der Waals surface area contributed by atoms with Crippen LogP contribution in [0.25, 0.3) is 11.3 Å². The maximum absolute atomic E-state index is 13.5. The molecule has 1 aliphatic carbocycles. The molecule has 1 saturated heterocycles. The summed E-state index contributed by atoms with van der Waals surface area (Å²) < 4.78 is 16.5. The number of fused-ring (bicyclic) bond motifs is 1. The molecule has 3 heterocycles. The van der Waals surface area contributed by atoms with Crippen LogP contribution in [0.4, 0.5) is 5.69 Å². The molecule has 1 aromatic heterocycles. The predicted octanol–water partition coefficient (Wildman–Crippen LogP) is 4.41. The molecule has 33 heavy (non-hydrogen) atoms. The lowest BCUT2D eigenvalue weighted by Gasteiger charge is -2.38. The quantitative estimate of drug-likeness (QED) is 0.568. The Morgan fingerprint density at radius 2 is 1.79 bits per heavy atom. The Morgan fingerprint density at radius 1 is 1.00 bits per heavy atom. The van der Waals surface area contributed by atoms with Gasteiger partial charge in [-0.2, -0.15) is 0 Å². The number of ether oxygens (including phenoxy) is 2. The molecule has 2 fully saturated rings. The molecule has 3 aromatic rings. The lowest BCUT2D eigenvalue weighted by molar-refractivity contribution is -0.134. The summed E-state index contributed by atoms with van der Waals surface area (Å²) in [6.07, 6.45) is 1.60. The number of benzene rings is 2. The highest BCUT2D eigenvalue weighted by Gasteiger charge is 2.55. The smallest absolute Gasteiger partial charge is 0.235 e.